The Balaban J connectivity index is 1.85. The molecule has 0 saturated heterocycles. The Morgan fingerprint density at radius 2 is 1.87 bits per heavy atom. The number of ether oxygens (including phenoxy) is 2. The van der Waals surface area contributed by atoms with Gasteiger partial charge in [-0.2, -0.15) is 10.4 Å². The SMILES string of the molecule is CCCOc1ccc(-c2nn(-c3ccccc3)cc2/C=C2/C(=O)N(CCCOC)C(=O)C(C#N)=C2C)cc1Cl. The van der Waals surface area contributed by atoms with Gasteiger partial charge in [-0.15, -0.1) is 0 Å². The molecule has 0 bridgehead atoms. The van der Waals surface area contributed by atoms with Crippen LogP contribution in [-0.4, -0.2) is 53.4 Å². The van der Waals surface area contributed by atoms with Crippen molar-refractivity contribution in [3.63, 3.8) is 0 Å². The molecule has 39 heavy (non-hydrogen) atoms. The quantitative estimate of drug-likeness (QED) is 0.187. The second-order valence-electron chi connectivity index (χ2n) is 8.98. The van der Waals surface area contributed by atoms with E-state index in [0.717, 1.165) is 22.6 Å². The molecule has 2 heterocycles. The molecule has 2 amide bonds. The lowest BCUT2D eigenvalue weighted by Crippen LogP contribution is -2.43. The topological polar surface area (TPSA) is 97.4 Å². The number of hydrogen-bond acceptors (Lipinski definition) is 6. The lowest BCUT2D eigenvalue weighted by molar-refractivity contribution is -0.140. The molecular formula is C30H29ClN4O4. The smallest absolute Gasteiger partial charge is 0.271 e. The summed E-state index contributed by atoms with van der Waals surface area (Å²) in [5.41, 5.74) is 3.29. The maximum Gasteiger partial charge on any atom is 0.271 e. The number of hydrogen-bond donors (Lipinski definition) is 0. The monoisotopic (exact) mass is 544 g/mol. The maximum absolute atomic E-state index is 13.5. The van der Waals surface area contributed by atoms with Crippen molar-refractivity contribution in [2.24, 2.45) is 0 Å². The van der Waals surface area contributed by atoms with Gasteiger partial charge in [-0.1, -0.05) is 36.7 Å². The van der Waals surface area contributed by atoms with Gasteiger partial charge in [0.25, 0.3) is 11.8 Å². The predicted octanol–water partition coefficient (Wildman–Crippen LogP) is 5.61. The molecular weight excluding hydrogens is 516 g/mol. The Morgan fingerprint density at radius 3 is 2.54 bits per heavy atom. The number of nitrogens with zero attached hydrogens (tertiary/aromatic N) is 4. The zero-order valence-corrected chi connectivity index (χ0v) is 22.9. The first-order valence-corrected chi connectivity index (χ1v) is 13.0. The third kappa shape index (κ3) is 5.95. The minimum Gasteiger partial charge on any atom is -0.492 e. The molecule has 0 unspecified atom stereocenters. The molecule has 0 radical (unpaired) electrons. The van der Waals surface area contributed by atoms with Crippen LogP contribution in [0, 0.1) is 11.3 Å². The summed E-state index contributed by atoms with van der Waals surface area (Å²) in [5.74, 6) is -0.481. The molecule has 0 saturated carbocycles. The van der Waals surface area contributed by atoms with Crippen molar-refractivity contribution in [3.05, 3.63) is 82.0 Å². The van der Waals surface area contributed by atoms with E-state index in [1.165, 1.54) is 0 Å². The molecule has 3 aromatic rings. The number of methoxy groups -OCH3 is 1. The van der Waals surface area contributed by atoms with Gasteiger partial charge in [-0.05, 0) is 61.7 Å². The van der Waals surface area contributed by atoms with Crippen LogP contribution >= 0.6 is 11.6 Å². The summed E-state index contributed by atoms with van der Waals surface area (Å²) in [6.07, 6.45) is 4.81. The van der Waals surface area contributed by atoms with Gasteiger partial charge in [0.15, 0.2) is 0 Å². The van der Waals surface area contributed by atoms with Crippen molar-refractivity contribution in [1.82, 2.24) is 14.7 Å². The van der Waals surface area contributed by atoms with Gasteiger partial charge >= 0.3 is 0 Å². The molecule has 1 aromatic heterocycles. The molecule has 9 heteroatoms. The van der Waals surface area contributed by atoms with E-state index in [0.29, 0.717) is 47.2 Å². The Labute approximate surface area is 232 Å². The van der Waals surface area contributed by atoms with Crippen LogP contribution in [0.5, 0.6) is 5.75 Å². The second kappa shape index (κ2) is 12.6. The highest BCUT2D eigenvalue weighted by molar-refractivity contribution is 6.32. The third-order valence-electron chi connectivity index (χ3n) is 6.29. The average molecular weight is 545 g/mol. The zero-order chi connectivity index (χ0) is 27.9. The largest absolute Gasteiger partial charge is 0.492 e. The Kier molecular flexibility index (Phi) is 8.97. The number of carbonyl (C=O) groups excluding carboxylic acids is 2. The van der Waals surface area contributed by atoms with Crippen molar-refractivity contribution >= 4 is 29.5 Å². The van der Waals surface area contributed by atoms with E-state index in [9.17, 15) is 14.9 Å². The Hall–Kier alpha value is -4.19. The minimum absolute atomic E-state index is 0.0595. The molecule has 0 fully saturated rings. The molecule has 0 spiro atoms. The summed E-state index contributed by atoms with van der Waals surface area (Å²) in [7, 11) is 1.55. The highest BCUT2D eigenvalue weighted by atomic mass is 35.5. The van der Waals surface area contributed by atoms with Crippen LogP contribution in [0.4, 0.5) is 0 Å². The maximum atomic E-state index is 13.5. The van der Waals surface area contributed by atoms with Crippen LogP contribution < -0.4 is 4.74 Å². The fourth-order valence-corrected chi connectivity index (χ4v) is 4.50. The van der Waals surface area contributed by atoms with Gasteiger partial charge < -0.3 is 9.47 Å². The first kappa shape index (κ1) is 27.8. The number of para-hydroxylation sites is 1. The summed E-state index contributed by atoms with van der Waals surface area (Å²) < 4.78 is 12.5. The van der Waals surface area contributed by atoms with E-state index in [2.05, 4.69) is 0 Å². The highest BCUT2D eigenvalue weighted by Crippen LogP contribution is 2.34. The standard InChI is InChI=1S/C30H29ClN4O4/c1-4-14-39-27-12-11-21(17-26(27)31)28-22(19-35(33-28)23-9-6-5-7-10-23)16-24-20(2)25(18-32)30(37)34(29(24)36)13-8-15-38-3/h5-7,9-12,16-17,19H,4,8,13-15H2,1-3H3/b24-16+. The lowest BCUT2D eigenvalue weighted by Gasteiger charge is -2.27. The molecule has 0 N–H and O–H groups in total. The average Bonchev–Trinajstić information content (AvgIpc) is 3.37. The van der Waals surface area contributed by atoms with E-state index in [1.807, 2.05) is 55.6 Å². The number of carbonyl (C=O) groups is 2. The number of rotatable bonds is 10. The first-order chi connectivity index (χ1) is 18.9. The molecule has 8 nitrogen and oxygen atoms in total. The van der Waals surface area contributed by atoms with Crippen molar-refractivity contribution in [1.29, 1.82) is 5.26 Å². The fraction of sp³-hybridized carbons (Fsp3) is 0.267. The zero-order valence-electron chi connectivity index (χ0n) is 22.1. The molecule has 4 rings (SSSR count). The summed E-state index contributed by atoms with van der Waals surface area (Å²) in [4.78, 5) is 27.5. The number of imide groups is 1. The normalized spacial score (nSPS) is 14.7. The Morgan fingerprint density at radius 1 is 1.10 bits per heavy atom. The number of aromatic nitrogens is 2. The first-order valence-electron chi connectivity index (χ1n) is 12.7. The van der Waals surface area contributed by atoms with Crippen LogP contribution in [0.1, 0.15) is 32.3 Å². The summed E-state index contributed by atoms with van der Waals surface area (Å²) in [6, 6.07) is 17.0. The van der Waals surface area contributed by atoms with E-state index in [4.69, 9.17) is 26.2 Å². The number of halogens is 1. The molecule has 2 aromatic carbocycles. The summed E-state index contributed by atoms with van der Waals surface area (Å²) in [6.45, 7) is 4.71. The summed E-state index contributed by atoms with van der Waals surface area (Å²) >= 11 is 6.54. The number of benzene rings is 2. The second-order valence-corrected chi connectivity index (χ2v) is 9.39. The predicted molar refractivity (Wildman–Crippen MR) is 149 cm³/mol. The van der Waals surface area contributed by atoms with Crippen molar-refractivity contribution in [2.45, 2.75) is 26.7 Å². The Bertz CT molecular complexity index is 1480. The minimum atomic E-state index is -0.595. The van der Waals surface area contributed by atoms with Crippen LogP contribution in [0.25, 0.3) is 23.0 Å². The van der Waals surface area contributed by atoms with Crippen molar-refractivity contribution < 1.29 is 19.1 Å². The van der Waals surface area contributed by atoms with Gasteiger partial charge in [-0.3, -0.25) is 14.5 Å². The molecule has 200 valence electrons. The molecule has 1 aliphatic rings. The molecule has 0 atom stereocenters. The van der Waals surface area contributed by atoms with E-state index in [1.54, 1.807) is 36.9 Å². The van der Waals surface area contributed by atoms with Crippen LogP contribution in [-0.2, 0) is 14.3 Å². The van der Waals surface area contributed by atoms with Gasteiger partial charge in [0.2, 0.25) is 0 Å². The van der Waals surface area contributed by atoms with Gasteiger partial charge in [0.1, 0.15) is 23.1 Å². The third-order valence-corrected chi connectivity index (χ3v) is 6.58. The van der Waals surface area contributed by atoms with E-state index in [-0.39, 0.29) is 17.7 Å². The molecule has 0 aliphatic carbocycles. The van der Waals surface area contributed by atoms with Crippen molar-refractivity contribution in [3.8, 4) is 28.8 Å². The van der Waals surface area contributed by atoms with Crippen LogP contribution in [0.3, 0.4) is 0 Å². The summed E-state index contributed by atoms with van der Waals surface area (Å²) in [5, 5.41) is 15.0. The van der Waals surface area contributed by atoms with Crippen LogP contribution in [0.15, 0.2) is 71.4 Å². The van der Waals surface area contributed by atoms with Crippen molar-refractivity contribution in [2.75, 3.05) is 26.9 Å². The highest BCUT2D eigenvalue weighted by Gasteiger charge is 2.35. The number of amides is 2. The number of nitriles is 1. The van der Waals surface area contributed by atoms with Gasteiger partial charge in [-0.25, -0.2) is 4.68 Å². The molecule has 1 aliphatic heterocycles. The van der Waals surface area contributed by atoms with Gasteiger partial charge in [0.05, 0.1) is 17.3 Å². The lowest BCUT2D eigenvalue weighted by atomic mass is 9.93. The van der Waals surface area contributed by atoms with Crippen LogP contribution in [0.2, 0.25) is 5.02 Å². The fourth-order valence-electron chi connectivity index (χ4n) is 4.26. The van der Waals surface area contributed by atoms with Gasteiger partial charge in [0, 0.05) is 43.2 Å². The van der Waals surface area contributed by atoms with E-state index >= 15 is 0 Å². The van der Waals surface area contributed by atoms with E-state index < -0.39 is 11.8 Å².